The monoisotopic (exact) mass is 338 g/mol. The van der Waals surface area contributed by atoms with Gasteiger partial charge in [-0.3, -0.25) is 4.79 Å². The summed E-state index contributed by atoms with van der Waals surface area (Å²) in [5.74, 6) is -2.33. The molecule has 0 atom stereocenters. The lowest BCUT2D eigenvalue weighted by molar-refractivity contribution is -0.170. The molecular formula is C16H10F4N2O2. The summed E-state index contributed by atoms with van der Waals surface area (Å²) in [6.45, 7) is 0. The zero-order valence-corrected chi connectivity index (χ0v) is 12.3. The van der Waals surface area contributed by atoms with E-state index in [1.54, 1.807) is 6.07 Å². The third-order valence-corrected chi connectivity index (χ3v) is 3.38. The van der Waals surface area contributed by atoms with E-state index in [9.17, 15) is 22.4 Å². The van der Waals surface area contributed by atoms with E-state index >= 15 is 0 Å². The number of rotatable bonds is 2. The predicted molar refractivity (Wildman–Crippen MR) is 78.9 cm³/mol. The third kappa shape index (κ3) is 2.94. The SMILES string of the molecule is CN(C(=O)C(F)(F)F)c1ccc2nc(-c3cccc(F)c3)oc2c1. The molecule has 0 aliphatic heterocycles. The normalized spacial score (nSPS) is 11.7. The Kier molecular flexibility index (Phi) is 3.75. The predicted octanol–water partition coefficient (Wildman–Crippen LogP) is 4.16. The van der Waals surface area contributed by atoms with Gasteiger partial charge in [-0.2, -0.15) is 13.2 Å². The van der Waals surface area contributed by atoms with Gasteiger partial charge in [0.15, 0.2) is 5.58 Å². The van der Waals surface area contributed by atoms with Gasteiger partial charge in [-0.25, -0.2) is 9.37 Å². The quantitative estimate of drug-likeness (QED) is 0.659. The van der Waals surface area contributed by atoms with Crippen molar-refractivity contribution in [3.63, 3.8) is 0 Å². The minimum absolute atomic E-state index is 0.00627. The lowest BCUT2D eigenvalue weighted by Gasteiger charge is -2.18. The molecule has 0 spiro atoms. The fraction of sp³-hybridized carbons (Fsp3) is 0.125. The van der Waals surface area contributed by atoms with Crippen LogP contribution in [0.5, 0.6) is 0 Å². The van der Waals surface area contributed by atoms with Crippen molar-refractivity contribution in [2.75, 3.05) is 11.9 Å². The van der Waals surface area contributed by atoms with Crippen LogP contribution >= 0.6 is 0 Å². The average molecular weight is 338 g/mol. The topological polar surface area (TPSA) is 46.3 Å². The summed E-state index contributed by atoms with van der Waals surface area (Å²) >= 11 is 0. The van der Waals surface area contributed by atoms with Crippen molar-refractivity contribution in [2.24, 2.45) is 0 Å². The molecule has 0 bridgehead atoms. The van der Waals surface area contributed by atoms with E-state index in [2.05, 4.69) is 4.98 Å². The Morgan fingerprint density at radius 2 is 1.92 bits per heavy atom. The van der Waals surface area contributed by atoms with E-state index in [-0.39, 0.29) is 17.2 Å². The molecule has 0 saturated heterocycles. The Hall–Kier alpha value is -2.90. The number of carbonyl (C=O) groups excluding carboxylic acids is 1. The lowest BCUT2D eigenvalue weighted by atomic mass is 10.2. The standard InChI is InChI=1S/C16H10F4N2O2/c1-22(15(23)16(18,19)20)11-5-6-12-13(8-11)24-14(21-12)9-3-2-4-10(17)7-9/h2-8H,1H3. The van der Waals surface area contributed by atoms with E-state index < -0.39 is 17.9 Å². The number of aromatic nitrogens is 1. The van der Waals surface area contributed by atoms with Gasteiger partial charge in [-0.1, -0.05) is 6.07 Å². The van der Waals surface area contributed by atoms with E-state index in [0.717, 1.165) is 7.05 Å². The number of carbonyl (C=O) groups is 1. The minimum atomic E-state index is -4.97. The first-order valence-electron chi connectivity index (χ1n) is 6.77. The number of hydrogen-bond acceptors (Lipinski definition) is 3. The van der Waals surface area contributed by atoms with Crippen LogP contribution in [0.25, 0.3) is 22.6 Å². The number of benzene rings is 2. The van der Waals surface area contributed by atoms with Crippen LogP contribution in [-0.4, -0.2) is 24.1 Å². The van der Waals surface area contributed by atoms with Crippen LogP contribution in [0.1, 0.15) is 0 Å². The maximum Gasteiger partial charge on any atom is 0.471 e. The van der Waals surface area contributed by atoms with Gasteiger partial charge >= 0.3 is 12.1 Å². The molecule has 0 saturated carbocycles. The van der Waals surface area contributed by atoms with Crippen LogP contribution in [-0.2, 0) is 4.79 Å². The van der Waals surface area contributed by atoms with Crippen LogP contribution in [0, 0.1) is 5.82 Å². The third-order valence-electron chi connectivity index (χ3n) is 3.38. The summed E-state index contributed by atoms with van der Waals surface area (Å²) in [5, 5.41) is 0. The van der Waals surface area contributed by atoms with Gasteiger partial charge in [0.2, 0.25) is 5.89 Å². The molecule has 0 aliphatic rings. The highest BCUT2D eigenvalue weighted by Crippen LogP contribution is 2.29. The molecule has 0 radical (unpaired) electrons. The van der Waals surface area contributed by atoms with Crippen molar-refractivity contribution in [2.45, 2.75) is 6.18 Å². The van der Waals surface area contributed by atoms with Crippen molar-refractivity contribution in [3.05, 3.63) is 48.3 Å². The molecule has 1 aromatic heterocycles. The van der Waals surface area contributed by atoms with E-state index in [1.807, 2.05) is 0 Å². The summed E-state index contributed by atoms with van der Waals surface area (Å²) in [6, 6.07) is 9.59. The van der Waals surface area contributed by atoms with Crippen LogP contribution in [0.2, 0.25) is 0 Å². The molecule has 0 unspecified atom stereocenters. The second-order valence-corrected chi connectivity index (χ2v) is 5.04. The van der Waals surface area contributed by atoms with E-state index in [1.165, 1.54) is 36.4 Å². The minimum Gasteiger partial charge on any atom is -0.436 e. The Labute approximate surface area is 133 Å². The number of amides is 1. The molecule has 124 valence electrons. The molecule has 8 heteroatoms. The second-order valence-electron chi connectivity index (χ2n) is 5.04. The maximum absolute atomic E-state index is 13.3. The van der Waals surface area contributed by atoms with Crippen molar-refractivity contribution >= 4 is 22.7 Å². The van der Waals surface area contributed by atoms with E-state index in [4.69, 9.17) is 4.42 Å². The number of oxazole rings is 1. The maximum atomic E-state index is 13.3. The Morgan fingerprint density at radius 1 is 1.17 bits per heavy atom. The number of halogens is 4. The molecular weight excluding hydrogens is 328 g/mol. The van der Waals surface area contributed by atoms with Crippen molar-refractivity contribution in [1.82, 2.24) is 4.98 Å². The highest BCUT2D eigenvalue weighted by Gasteiger charge is 2.41. The Bertz CT molecular complexity index is 918. The molecule has 24 heavy (non-hydrogen) atoms. The van der Waals surface area contributed by atoms with E-state index in [0.29, 0.717) is 16.0 Å². The first-order chi connectivity index (χ1) is 11.3. The summed E-state index contributed by atoms with van der Waals surface area (Å²) in [6.07, 6.45) is -4.97. The van der Waals surface area contributed by atoms with Crippen LogP contribution in [0.4, 0.5) is 23.2 Å². The lowest BCUT2D eigenvalue weighted by Crippen LogP contribution is -2.38. The Morgan fingerprint density at radius 3 is 2.58 bits per heavy atom. The van der Waals surface area contributed by atoms with Gasteiger partial charge in [0, 0.05) is 24.4 Å². The molecule has 0 aliphatic carbocycles. The second kappa shape index (κ2) is 5.63. The molecule has 0 N–H and O–H groups in total. The molecule has 3 aromatic rings. The number of alkyl halides is 3. The largest absolute Gasteiger partial charge is 0.471 e. The molecule has 0 fully saturated rings. The summed E-state index contributed by atoms with van der Waals surface area (Å²) in [7, 11) is 1.01. The summed E-state index contributed by atoms with van der Waals surface area (Å²) in [5.41, 5.74) is 0.971. The molecule has 1 amide bonds. The summed E-state index contributed by atoms with van der Waals surface area (Å²) < 4.78 is 56.2. The van der Waals surface area contributed by atoms with Gasteiger partial charge in [-0.15, -0.1) is 0 Å². The zero-order chi connectivity index (χ0) is 17.5. The fourth-order valence-corrected chi connectivity index (χ4v) is 2.17. The van der Waals surface area contributed by atoms with Gasteiger partial charge in [0.25, 0.3) is 0 Å². The molecule has 2 aromatic carbocycles. The van der Waals surface area contributed by atoms with Crippen molar-refractivity contribution < 1.29 is 26.8 Å². The summed E-state index contributed by atoms with van der Waals surface area (Å²) in [4.78, 5) is 15.9. The Balaban J connectivity index is 1.99. The molecule has 4 nitrogen and oxygen atoms in total. The van der Waals surface area contributed by atoms with Gasteiger partial charge < -0.3 is 9.32 Å². The zero-order valence-electron chi connectivity index (χ0n) is 12.3. The molecule has 1 heterocycles. The van der Waals surface area contributed by atoms with Gasteiger partial charge in [0.1, 0.15) is 11.3 Å². The van der Waals surface area contributed by atoms with Crippen LogP contribution < -0.4 is 4.90 Å². The van der Waals surface area contributed by atoms with Crippen LogP contribution in [0.3, 0.4) is 0 Å². The number of anilines is 1. The number of fused-ring (bicyclic) bond motifs is 1. The number of hydrogen-bond donors (Lipinski definition) is 0. The average Bonchev–Trinajstić information content (AvgIpc) is 2.95. The van der Waals surface area contributed by atoms with Crippen molar-refractivity contribution in [1.29, 1.82) is 0 Å². The highest BCUT2D eigenvalue weighted by atomic mass is 19.4. The first kappa shape index (κ1) is 16.0. The van der Waals surface area contributed by atoms with Crippen molar-refractivity contribution in [3.8, 4) is 11.5 Å². The van der Waals surface area contributed by atoms with Gasteiger partial charge in [0.05, 0.1) is 0 Å². The number of nitrogens with zero attached hydrogens (tertiary/aromatic N) is 2. The first-order valence-corrected chi connectivity index (χ1v) is 6.77. The van der Waals surface area contributed by atoms with Gasteiger partial charge in [-0.05, 0) is 30.3 Å². The molecule has 3 rings (SSSR count). The highest BCUT2D eigenvalue weighted by molar-refractivity contribution is 5.98. The van der Waals surface area contributed by atoms with Crippen LogP contribution in [0.15, 0.2) is 46.9 Å². The fourth-order valence-electron chi connectivity index (χ4n) is 2.17. The smallest absolute Gasteiger partial charge is 0.436 e.